The van der Waals surface area contributed by atoms with Gasteiger partial charge < -0.3 is 9.67 Å². The topological polar surface area (TPSA) is 25.2 Å². The maximum atomic E-state index is 9.32. The van der Waals surface area contributed by atoms with Gasteiger partial charge in [0.1, 0.15) is 0 Å². The number of para-hydroxylation sites is 1. The van der Waals surface area contributed by atoms with Crippen molar-refractivity contribution in [1.82, 2.24) is 4.57 Å². The second kappa shape index (κ2) is 4.71. The highest BCUT2D eigenvalue weighted by atomic mass is 16.3. The van der Waals surface area contributed by atoms with Gasteiger partial charge in [-0.05, 0) is 30.7 Å². The van der Waals surface area contributed by atoms with Crippen LogP contribution in [0.4, 0.5) is 0 Å². The van der Waals surface area contributed by atoms with Gasteiger partial charge in [-0.25, -0.2) is 0 Å². The third-order valence-electron chi connectivity index (χ3n) is 3.96. The number of aromatic nitrogens is 1. The van der Waals surface area contributed by atoms with E-state index in [0.29, 0.717) is 0 Å². The summed E-state index contributed by atoms with van der Waals surface area (Å²) in [5, 5.41) is 11.9. The lowest BCUT2D eigenvalue weighted by atomic mass is 10.00. The number of aryl methyl sites for hydroxylation is 1. The minimum Gasteiger partial charge on any atom is -0.396 e. The SMILES string of the molecule is CCn1c2ccccc2c2cc(C(C)CO)ccc21. The van der Waals surface area contributed by atoms with Crippen LogP contribution in [-0.4, -0.2) is 16.3 Å². The molecule has 0 aliphatic rings. The number of nitrogens with zero attached hydrogens (tertiary/aromatic N) is 1. The van der Waals surface area contributed by atoms with Crippen LogP contribution in [0.5, 0.6) is 0 Å². The van der Waals surface area contributed by atoms with Crippen LogP contribution in [0, 0.1) is 0 Å². The van der Waals surface area contributed by atoms with Crippen LogP contribution in [-0.2, 0) is 6.54 Å². The van der Waals surface area contributed by atoms with E-state index < -0.39 is 0 Å². The van der Waals surface area contributed by atoms with Gasteiger partial charge >= 0.3 is 0 Å². The Hall–Kier alpha value is -1.80. The molecule has 0 saturated heterocycles. The molecule has 0 saturated carbocycles. The van der Waals surface area contributed by atoms with Gasteiger partial charge in [0, 0.05) is 40.9 Å². The van der Waals surface area contributed by atoms with Crippen LogP contribution in [0.25, 0.3) is 21.8 Å². The van der Waals surface area contributed by atoms with Crippen LogP contribution in [0.2, 0.25) is 0 Å². The number of hydrogen-bond donors (Lipinski definition) is 1. The van der Waals surface area contributed by atoms with Gasteiger partial charge in [-0.1, -0.05) is 31.2 Å². The summed E-state index contributed by atoms with van der Waals surface area (Å²) in [5.74, 6) is 0.188. The molecule has 1 heterocycles. The summed E-state index contributed by atoms with van der Waals surface area (Å²) < 4.78 is 2.35. The molecule has 1 atom stereocenters. The molecular formula is C17H19NO. The molecule has 98 valence electrons. The van der Waals surface area contributed by atoms with Gasteiger partial charge in [0.2, 0.25) is 0 Å². The zero-order valence-corrected chi connectivity index (χ0v) is 11.4. The van der Waals surface area contributed by atoms with E-state index in [2.05, 4.69) is 60.9 Å². The fourth-order valence-electron chi connectivity index (χ4n) is 2.82. The highest BCUT2D eigenvalue weighted by molar-refractivity contribution is 6.08. The van der Waals surface area contributed by atoms with E-state index in [1.165, 1.54) is 27.4 Å². The highest BCUT2D eigenvalue weighted by Gasteiger charge is 2.11. The van der Waals surface area contributed by atoms with E-state index in [1.807, 2.05) is 0 Å². The quantitative estimate of drug-likeness (QED) is 0.752. The number of aliphatic hydroxyl groups excluding tert-OH is 1. The largest absolute Gasteiger partial charge is 0.396 e. The molecule has 3 rings (SSSR count). The molecular weight excluding hydrogens is 234 g/mol. The van der Waals surface area contributed by atoms with Crippen LogP contribution >= 0.6 is 0 Å². The number of hydrogen-bond acceptors (Lipinski definition) is 1. The highest BCUT2D eigenvalue weighted by Crippen LogP contribution is 2.31. The summed E-state index contributed by atoms with van der Waals surface area (Å²) >= 11 is 0. The molecule has 2 heteroatoms. The molecule has 1 aromatic heterocycles. The molecule has 2 nitrogen and oxygen atoms in total. The fraction of sp³-hybridized carbons (Fsp3) is 0.294. The molecule has 19 heavy (non-hydrogen) atoms. The Morgan fingerprint density at radius 1 is 1.05 bits per heavy atom. The first kappa shape index (κ1) is 12.2. The van der Waals surface area contributed by atoms with Crippen molar-refractivity contribution in [3.63, 3.8) is 0 Å². The molecule has 0 spiro atoms. The second-order valence-electron chi connectivity index (χ2n) is 5.12. The predicted octanol–water partition coefficient (Wildman–Crippen LogP) is 3.91. The van der Waals surface area contributed by atoms with E-state index in [9.17, 15) is 5.11 Å². The molecule has 0 fully saturated rings. The van der Waals surface area contributed by atoms with Crippen molar-refractivity contribution in [3.05, 3.63) is 48.0 Å². The van der Waals surface area contributed by atoms with Crippen LogP contribution in [0.3, 0.4) is 0 Å². The van der Waals surface area contributed by atoms with E-state index >= 15 is 0 Å². The normalized spacial score (nSPS) is 13.2. The average Bonchev–Trinajstić information content (AvgIpc) is 2.79. The van der Waals surface area contributed by atoms with Gasteiger partial charge in [-0.15, -0.1) is 0 Å². The van der Waals surface area contributed by atoms with Crippen molar-refractivity contribution in [2.45, 2.75) is 26.3 Å². The monoisotopic (exact) mass is 253 g/mol. The van der Waals surface area contributed by atoms with Gasteiger partial charge in [-0.3, -0.25) is 0 Å². The van der Waals surface area contributed by atoms with E-state index in [-0.39, 0.29) is 12.5 Å². The van der Waals surface area contributed by atoms with E-state index in [0.717, 1.165) is 6.54 Å². The van der Waals surface area contributed by atoms with Gasteiger partial charge in [-0.2, -0.15) is 0 Å². The summed E-state index contributed by atoms with van der Waals surface area (Å²) in [7, 11) is 0. The average molecular weight is 253 g/mol. The molecule has 1 N–H and O–H groups in total. The molecule has 0 aliphatic carbocycles. The first-order valence-electron chi connectivity index (χ1n) is 6.88. The standard InChI is InChI=1S/C17H19NO/c1-3-18-16-7-5-4-6-14(16)15-10-13(12(2)11-19)8-9-17(15)18/h4-10,12,19H,3,11H2,1-2H3. The summed E-state index contributed by atoms with van der Waals surface area (Å²) in [6.45, 7) is 5.40. The van der Waals surface area contributed by atoms with E-state index in [4.69, 9.17) is 0 Å². The molecule has 1 unspecified atom stereocenters. The van der Waals surface area contributed by atoms with Gasteiger partial charge in [0.15, 0.2) is 0 Å². The van der Waals surface area contributed by atoms with Crippen LogP contribution < -0.4 is 0 Å². The zero-order valence-electron chi connectivity index (χ0n) is 11.4. The Kier molecular flexibility index (Phi) is 3.03. The Morgan fingerprint density at radius 3 is 2.53 bits per heavy atom. The molecule has 0 radical (unpaired) electrons. The fourth-order valence-corrected chi connectivity index (χ4v) is 2.82. The van der Waals surface area contributed by atoms with Gasteiger partial charge in [0.05, 0.1) is 0 Å². The summed E-state index contributed by atoms with van der Waals surface area (Å²) in [6, 6.07) is 15.1. The van der Waals surface area contributed by atoms with Crippen molar-refractivity contribution < 1.29 is 5.11 Å². The molecule has 0 amide bonds. The Morgan fingerprint density at radius 2 is 1.79 bits per heavy atom. The Balaban J connectivity index is 2.36. The third-order valence-corrected chi connectivity index (χ3v) is 3.96. The Bertz CT molecular complexity index is 727. The van der Waals surface area contributed by atoms with Gasteiger partial charge in [0.25, 0.3) is 0 Å². The minimum absolute atomic E-state index is 0.188. The first-order valence-corrected chi connectivity index (χ1v) is 6.88. The van der Waals surface area contributed by atoms with Crippen molar-refractivity contribution in [1.29, 1.82) is 0 Å². The summed E-state index contributed by atoms with van der Waals surface area (Å²) in [5.41, 5.74) is 3.76. The lowest BCUT2D eigenvalue weighted by molar-refractivity contribution is 0.273. The molecule has 2 aromatic carbocycles. The Labute approximate surface area is 113 Å². The van der Waals surface area contributed by atoms with Crippen molar-refractivity contribution in [2.24, 2.45) is 0 Å². The van der Waals surface area contributed by atoms with Crippen LogP contribution in [0.15, 0.2) is 42.5 Å². The molecule has 0 aliphatic heterocycles. The number of aliphatic hydroxyl groups is 1. The number of fused-ring (bicyclic) bond motifs is 3. The van der Waals surface area contributed by atoms with E-state index in [1.54, 1.807) is 0 Å². The van der Waals surface area contributed by atoms with Crippen LogP contribution in [0.1, 0.15) is 25.3 Å². The van der Waals surface area contributed by atoms with Crippen molar-refractivity contribution >= 4 is 21.8 Å². The predicted molar refractivity (Wildman–Crippen MR) is 80.6 cm³/mol. The lowest BCUT2D eigenvalue weighted by Crippen LogP contribution is -1.98. The third kappa shape index (κ3) is 1.83. The number of benzene rings is 2. The summed E-state index contributed by atoms with van der Waals surface area (Å²) in [4.78, 5) is 0. The first-order chi connectivity index (χ1) is 9.26. The molecule has 3 aromatic rings. The minimum atomic E-state index is 0.188. The maximum absolute atomic E-state index is 9.32. The van der Waals surface area contributed by atoms with Crippen molar-refractivity contribution in [3.8, 4) is 0 Å². The second-order valence-corrected chi connectivity index (χ2v) is 5.12. The van der Waals surface area contributed by atoms with Crippen molar-refractivity contribution in [2.75, 3.05) is 6.61 Å². The summed E-state index contributed by atoms with van der Waals surface area (Å²) in [6.07, 6.45) is 0. The zero-order chi connectivity index (χ0) is 13.4. The molecule has 0 bridgehead atoms. The lowest BCUT2D eigenvalue weighted by Gasteiger charge is -2.09. The maximum Gasteiger partial charge on any atom is 0.0497 e. The smallest absolute Gasteiger partial charge is 0.0497 e. The number of rotatable bonds is 3.